The van der Waals surface area contributed by atoms with Crippen LogP contribution in [0.2, 0.25) is 0 Å². The van der Waals surface area contributed by atoms with Crippen LogP contribution in [0, 0.1) is 0 Å². The lowest BCUT2D eigenvalue weighted by atomic mass is 10.2. The Kier molecular flexibility index (Phi) is 4.90. The van der Waals surface area contributed by atoms with Gasteiger partial charge in [0.25, 0.3) is 0 Å². The molecule has 4 nitrogen and oxygen atoms in total. The van der Waals surface area contributed by atoms with Crippen LogP contribution in [0.1, 0.15) is 11.1 Å². The molecule has 100 valence electrons. The van der Waals surface area contributed by atoms with Crippen LogP contribution in [0.15, 0.2) is 47.1 Å². The number of nitrogens with zero attached hydrogens (tertiary/aromatic N) is 2. The van der Waals surface area contributed by atoms with Gasteiger partial charge >= 0.3 is 0 Å². The summed E-state index contributed by atoms with van der Waals surface area (Å²) >= 11 is 3.57. The molecule has 5 heteroatoms. The number of benzene rings is 1. The monoisotopic (exact) mass is 320 g/mol. The molecule has 1 heterocycles. The van der Waals surface area contributed by atoms with Crippen LogP contribution in [0.4, 0.5) is 5.82 Å². The highest BCUT2D eigenvalue weighted by atomic mass is 79.9. The van der Waals surface area contributed by atoms with Gasteiger partial charge in [0.2, 0.25) is 0 Å². The second-order valence-electron chi connectivity index (χ2n) is 4.46. The minimum absolute atomic E-state index is 0.678. The zero-order chi connectivity index (χ0) is 13.7. The van der Waals surface area contributed by atoms with E-state index in [0.29, 0.717) is 5.82 Å². The molecule has 2 rings (SSSR count). The lowest BCUT2D eigenvalue weighted by Crippen LogP contribution is -2.17. The second-order valence-corrected chi connectivity index (χ2v) is 5.31. The van der Waals surface area contributed by atoms with Gasteiger partial charge < -0.3 is 5.43 Å². The number of rotatable bonds is 5. The van der Waals surface area contributed by atoms with E-state index in [1.807, 2.05) is 24.4 Å². The van der Waals surface area contributed by atoms with Crippen molar-refractivity contribution in [1.82, 2.24) is 9.88 Å². The van der Waals surface area contributed by atoms with Crippen molar-refractivity contribution in [2.24, 2.45) is 5.84 Å². The molecule has 0 amide bonds. The summed E-state index contributed by atoms with van der Waals surface area (Å²) in [6, 6.07) is 12.2. The summed E-state index contributed by atoms with van der Waals surface area (Å²) in [7, 11) is 2.09. The Bertz CT molecular complexity index is 527. The third-order valence-electron chi connectivity index (χ3n) is 2.82. The summed E-state index contributed by atoms with van der Waals surface area (Å²) in [6.45, 7) is 1.73. The molecule has 0 unspecified atom stereocenters. The molecule has 0 aliphatic heterocycles. The number of nitrogen functional groups attached to an aromatic ring is 1. The summed E-state index contributed by atoms with van der Waals surface area (Å²) in [5.74, 6) is 5.97. The molecule has 1 aromatic heterocycles. The molecular weight excluding hydrogens is 304 g/mol. The van der Waals surface area contributed by atoms with Gasteiger partial charge in [0.15, 0.2) is 0 Å². The van der Waals surface area contributed by atoms with Crippen molar-refractivity contribution >= 4 is 21.7 Å². The van der Waals surface area contributed by atoms with Crippen LogP contribution in [-0.4, -0.2) is 16.9 Å². The van der Waals surface area contributed by atoms with E-state index >= 15 is 0 Å². The van der Waals surface area contributed by atoms with Crippen molar-refractivity contribution < 1.29 is 0 Å². The first-order valence-electron chi connectivity index (χ1n) is 6.02. The first-order valence-corrected chi connectivity index (χ1v) is 6.82. The Morgan fingerprint density at radius 1 is 1.21 bits per heavy atom. The number of halogens is 1. The largest absolute Gasteiger partial charge is 0.308 e. The molecule has 3 N–H and O–H groups in total. The fourth-order valence-corrected chi connectivity index (χ4v) is 2.30. The average molecular weight is 321 g/mol. The van der Waals surface area contributed by atoms with Crippen LogP contribution in [0.5, 0.6) is 0 Å². The molecule has 0 bridgehead atoms. The van der Waals surface area contributed by atoms with E-state index < -0.39 is 0 Å². The first-order chi connectivity index (χ1) is 9.19. The Labute approximate surface area is 121 Å². The maximum Gasteiger partial charge on any atom is 0.139 e. The number of hydrogen-bond donors (Lipinski definition) is 2. The van der Waals surface area contributed by atoms with E-state index in [0.717, 1.165) is 23.1 Å². The molecule has 0 aliphatic carbocycles. The third-order valence-corrected chi connectivity index (χ3v) is 3.60. The predicted octanol–water partition coefficient (Wildman–Crippen LogP) is 2.76. The van der Waals surface area contributed by atoms with Gasteiger partial charge in [-0.05, 0) is 30.3 Å². The van der Waals surface area contributed by atoms with Gasteiger partial charge in [-0.1, -0.05) is 40.2 Å². The van der Waals surface area contributed by atoms with Crippen molar-refractivity contribution in [3.63, 3.8) is 0 Å². The van der Waals surface area contributed by atoms with Crippen LogP contribution < -0.4 is 11.3 Å². The fourth-order valence-electron chi connectivity index (χ4n) is 1.89. The first kappa shape index (κ1) is 14.0. The highest BCUT2D eigenvalue weighted by Gasteiger charge is 2.05. The summed E-state index contributed by atoms with van der Waals surface area (Å²) in [4.78, 5) is 6.45. The van der Waals surface area contributed by atoms with Crippen LogP contribution in [0.3, 0.4) is 0 Å². The van der Waals surface area contributed by atoms with Gasteiger partial charge in [0.1, 0.15) is 5.82 Å². The summed E-state index contributed by atoms with van der Waals surface area (Å²) in [5, 5.41) is 0. The number of hydrazine groups is 1. The van der Waals surface area contributed by atoms with Crippen LogP contribution >= 0.6 is 15.9 Å². The molecule has 0 fully saturated rings. The average Bonchev–Trinajstić information content (AvgIpc) is 2.42. The highest BCUT2D eigenvalue weighted by Crippen LogP contribution is 2.18. The van der Waals surface area contributed by atoms with Gasteiger partial charge in [0.05, 0.1) is 0 Å². The third kappa shape index (κ3) is 4.02. The predicted molar refractivity (Wildman–Crippen MR) is 81.4 cm³/mol. The molecule has 0 saturated heterocycles. The van der Waals surface area contributed by atoms with Crippen LogP contribution in [0.25, 0.3) is 0 Å². The standard InChI is InChI=1S/C14H17BrN4/c1-19(10-12-4-2-3-5-13(12)15)9-11-6-7-14(18-16)17-8-11/h2-8H,9-10,16H2,1H3,(H,17,18). The molecule has 2 aromatic rings. The zero-order valence-electron chi connectivity index (χ0n) is 10.8. The van der Waals surface area contributed by atoms with Crippen molar-refractivity contribution in [2.75, 3.05) is 12.5 Å². The quantitative estimate of drug-likeness (QED) is 0.657. The van der Waals surface area contributed by atoms with E-state index in [9.17, 15) is 0 Å². The molecule has 19 heavy (non-hydrogen) atoms. The lowest BCUT2D eigenvalue weighted by molar-refractivity contribution is 0.318. The van der Waals surface area contributed by atoms with Gasteiger partial charge in [0, 0.05) is 23.8 Å². The van der Waals surface area contributed by atoms with E-state index in [1.165, 1.54) is 5.56 Å². The van der Waals surface area contributed by atoms with Crippen molar-refractivity contribution in [2.45, 2.75) is 13.1 Å². The molecule has 0 radical (unpaired) electrons. The maximum absolute atomic E-state index is 5.29. The molecule has 0 aliphatic rings. The zero-order valence-corrected chi connectivity index (χ0v) is 12.4. The summed E-state index contributed by atoms with van der Waals surface area (Å²) in [5.41, 5.74) is 4.96. The van der Waals surface area contributed by atoms with Crippen LogP contribution in [-0.2, 0) is 13.1 Å². The Balaban J connectivity index is 1.97. The second kappa shape index (κ2) is 6.65. The molecule has 0 atom stereocenters. The minimum Gasteiger partial charge on any atom is -0.308 e. The molecular formula is C14H17BrN4. The number of nitrogens with one attached hydrogen (secondary N) is 1. The van der Waals surface area contributed by atoms with Gasteiger partial charge in [-0.25, -0.2) is 10.8 Å². The molecule has 0 spiro atoms. The Morgan fingerprint density at radius 2 is 2.00 bits per heavy atom. The van der Waals surface area contributed by atoms with E-state index in [1.54, 1.807) is 0 Å². The van der Waals surface area contributed by atoms with Crippen molar-refractivity contribution in [3.05, 3.63) is 58.2 Å². The van der Waals surface area contributed by atoms with E-state index in [2.05, 4.69) is 56.5 Å². The minimum atomic E-state index is 0.678. The maximum atomic E-state index is 5.29. The SMILES string of the molecule is CN(Cc1ccc(NN)nc1)Cc1ccccc1Br. The summed E-state index contributed by atoms with van der Waals surface area (Å²) in [6.07, 6.45) is 1.84. The topological polar surface area (TPSA) is 54.2 Å². The number of anilines is 1. The number of hydrogen-bond acceptors (Lipinski definition) is 4. The van der Waals surface area contributed by atoms with Gasteiger partial charge in [-0.3, -0.25) is 4.90 Å². The number of aromatic nitrogens is 1. The highest BCUT2D eigenvalue weighted by molar-refractivity contribution is 9.10. The molecule has 0 saturated carbocycles. The number of pyridine rings is 1. The lowest BCUT2D eigenvalue weighted by Gasteiger charge is -2.17. The fraction of sp³-hybridized carbons (Fsp3) is 0.214. The summed E-state index contributed by atoms with van der Waals surface area (Å²) < 4.78 is 1.14. The molecule has 1 aromatic carbocycles. The Hall–Kier alpha value is -1.43. The van der Waals surface area contributed by atoms with Gasteiger partial charge in [-0.2, -0.15) is 0 Å². The van der Waals surface area contributed by atoms with E-state index in [-0.39, 0.29) is 0 Å². The van der Waals surface area contributed by atoms with Crippen molar-refractivity contribution in [3.8, 4) is 0 Å². The Morgan fingerprint density at radius 3 is 2.63 bits per heavy atom. The van der Waals surface area contributed by atoms with Gasteiger partial charge in [-0.15, -0.1) is 0 Å². The van der Waals surface area contributed by atoms with E-state index in [4.69, 9.17) is 5.84 Å². The number of nitrogens with two attached hydrogens (primary N) is 1. The smallest absolute Gasteiger partial charge is 0.139 e. The normalized spacial score (nSPS) is 10.7. The van der Waals surface area contributed by atoms with Crippen molar-refractivity contribution in [1.29, 1.82) is 0 Å².